The Labute approximate surface area is 215 Å². The topological polar surface area (TPSA) is 97.2 Å². The maximum atomic E-state index is 13.4. The Balaban J connectivity index is 1.52. The summed E-state index contributed by atoms with van der Waals surface area (Å²) in [6.07, 6.45) is -1.85. The second-order valence-electron chi connectivity index (χ2n) is 8.74. The van der Waals surface area contributed by atoms with E-state index in [1.807, 2.05) is 0 Å². The average molecular weight is 588 g/mol. The van der Waals surface area contributed by atoms with Crippen molar-refractivity contribution in [3.63, 3.8) is 0 Å². The van der Waals surface area contributed by atoms with Crippen molar-refractivity contribution in [2.75, 3.05) is 24.2 Å². The minimum atomic E-state index is -4.71. The lowest BCUT2D eigenvalue weighted by molar-refractivity contribution is -0.140. The van der Waals surface area contributed by atoms with Gasteiger partial charge in [0.2, 0.25) is 10.0 Å². The fourth-order valence-electron chi connectivity index (χ4n) is 4.27. The van der Waals surface area contributed by atoms with Crippen LogP contribution in [0.3, 0.4) is 0 Å². The number of fused-ring (bicyclic) bond motifs is 1. The number of benzene rings is 1. The van der Waals surface area contributed by atoms with Gasteiger partial charge in [-0.25, -0.2) is 17.7 Å². The molecular weight excluding hydrogens is 563 g/mol. The van der Waals surface area contributed by atoms with Crippen LogP contribution in [0.5, 0.6) is 0 Å². The number of alkyl halides is 3. The van der Waals surface area contributed by atoms with Gasteiger partial charge >= 0.3 is 6.18 Å². The third kappa shape index (κ3) is 5.57. The number of carbonyl (C=O) groups excluding carboxylic acids is 1. The summed E-state index contributed by atoms with van der Waals surface area (Å²) in [4.78, 5) is 16.8. The molecule has 0 spiro atoms. The summed E-state index contributed by atoms with van der Waals surface area (Å²) in [6.45, 7) is 4.85. The zero-order valence-electron chi connectivity index (χ0n) is 19.6. The van der Waals surface area contributed by atoms with Crippen molar-refractivity contribution in [2.45, 2.75) is 39.4 Å². The lowest BCUT2D eigenvalue weighted by Crippen LogP contribution is -2.40. The van der Waals surface area contributed by atoms with E-state index in [4.69, 9.17) is 0 Å². The fraction of sp³-hybridized carbons (Fsp3) is 0.435. The number of rotatable bonds is 6. The van der Waals surface area contributed by atoms with Crippen LogP contribution in [0.4, 0.5) is 18.9 Å². The molecule has 1 saturated heterocycles. The Morgan fingerprint density at radius 3 is 2.56 bits per heavy atom. The van der Waals surface area contributed by atoms with Gasteiger partial charge in [-0.15, -0.1) is 0 Å². The molecule has 1 N–H and O–H groups in total. The highest BCUT2D eigenvalue weighted by atomic mass is 79.9. The third-order valence-electron chi connectivity index (χ3n) is 6.42. The van der Waals surface area contributed by atoms with Crippen molar-refractivity contribution in [3.05, 3.63) is 51.9 Å². The Bertz CT molecular complexity index is 1400. The van der Waals surface area contributed by atoms with Gasteiger partial charge in [0.15, 0.2) is 0 Å². The number of hydrogen-bond acceptors (Lipinski definition) is 5. The summed E-state index contributed by atoms with van der Waals surface area (Å²) < 4.78 is 68.2. The molecule has 0 radical (unpaired) electrons. The zero-order valence-corrected chi connectivity index (χ0v) is 22.0. The van der Waals surface area contributed by atoms with Crippen LogP contribution in [0.1, 0.15) is 41.5 Å². The Hall–Kier alpha value is -2.51. The molecular formula is C23H25BrF3N5O3S. The van der Waals surface area contributed by atoms with Crippen LogP contribution < -0.4 is 5.32 Å². The summed E-state index contributed by atoms with van der Waals surface area (Å²) in [5.41, 5.74) is -0.194. The molecule has 4 rings (SSSR count). The monoisotopic (exact) mass is 587 g/mol. The quantitative estimate of drug-likeness (QED) is 0.445. The van der Waals surface area contributed by atoms with E-state index in [2.05, 4.69) is 31.3 Å². The van der Waals surface area contributed by atoms with Crippen LogP contribution in [0.15, 0.2) is 34.9 Å². The number of aromatic nitrogens is 3. The molecule has 0 atom stereocenters. The van der Waals surface area contributed by atoms with E-state index < -0.39 is 27.8 Å². The smallest absolute Gasteiger partial charge is 0.319 e. The van der Waals surface area contributed by atoms with Gasteiger partial charge in [-0.2, -0.15) is 18.3 Å². The van der Waals surface area contributed by atoms with Crippen LogP contribution in [-0.2, 0) is 22.7 Å². The molecule has 1 aliphatic rings. The first kappa shape index (κ1) is 26.6. The minimum Gasteiger partial charge on any atom is -0.319 e. The molecule has 1 aromatic carbocycles. The molecule has 1 amide bonds. The number of sulfonamides is 1. The average Bonchev–Trinajstić information content (AvgIpc) is 3.16. The zero-order chi connectivity index (χ0) is 26.3. The number of amides is 1. The predicted molar refractivity (Wildman–Crippen MR) is 133 cm³/mol. The molecule has 3 aromatic rings. The molecule has 0 unspecified atom stereocenters. The van der Waals surface area contributed by atoms with E-state index in [-0.39, 0.29) is 28.1 Å². The standard InChI is InChI=1S/C23H25BrF3N5O3S/c1-3-36(34,35)31-8-6-15(7-9-31)13-32-14(2)20(12-28-32)30-22(33)18-11-21(23(25,26)27)29-19-5-4-16(24)10-17(18)19/h4-5,10-12,15H,3,6-9,13H2,1-2H3,(H,30,33). The number of nitrogens with one attached hydrogen (secondary N) is 1. The first-order chi connectivity index (χ1) is 16.9. The van der Waals surface area contributed by atoms with Crippen molar-refractivity contribution in [1.82, 2.24) is 19.1 Å². The first-order valence-electron chi connectivity index (χ1n) is 11.4. The number of hydrogen-bond donors (Lipinski definition) is 1. The SMILES string of the molecule is CCS(=O)(=O)N1CCC(Cn2ncc(NC(=O)c3cc(C(F)(F)F)nc4ccc(Br)cc34)c2C)CC1. The van der Waals surface area contributed by atoms with E-state index in [1.54, 1.807) is 30.7 Å². The number of carbonyl (C=O) groups is 1. The Morgan fingerprint density at radius 1 is 1.22 bits per heavy atom. The highest BCUT2D eigenvalue weighted by Crippen LogP contribution is 2.32. The number of nitrogens with zero attached hydrogens (tertiary/aromatic N) is 4. The molecule has 2 aromatic heterocycles. The highest BCUT2D eigenvalue weighted by molar-refractivity contribution is 9.10. The van der Waals surface area contributed by atoms with Crippen LogP contribution in [-0.4, -0.2) is 52.2 Å². The van der Waals surface area contributed by atoms with Crippen molar-refractivity contribution in [1.29, 1.82) is 0 Å². The van der Waals surface area contributed by atoms with E-state index in [0.717, 1.165) is 6.07 Å². The highest BCUT2D eigenvalue weighted by Gasteiger charge is 2.34. The second-order valence-corrected chi connectivity index (χ2v) is 11.9. The van der Waals surface area contributed by atoms with Gasteiger partial charge in [0, 0.05) is 29.5 Å². The Kier molecular flexibility index (Phi) is 7.45. The van der Waals surface area contributed by atoms with Crippen molar-refractivity contribution in [2.24, 2.45) is 5.92 Å². The predicted octanol–water partition coefficient (Wildman–Crippen LogP) is 4.84. The summed E-state index contributed by atoms with van der Waals surface area (Å²) in [5, 5.41) is 7.32. The molecule has 1 fully saturated rings. The van der Waals surface area contributed by atoms with Gasteiger partial charge in [0.05, 0.1) is 34.4 Å². The third-order valence-corrected chi connectivity index (χ3v) is 8.79. The van der Waals surface area contributed by atoms with Crippen molar-refractivity contribution < 1.29 is 26.4 Å². The van der Waals surface area contributed by atoms with Gasteiger partial charge in [-0.3, -0.25) is 9.48 Å². The first-order valence-corrected chi connectivity index (χ1v) is 13.8. The van der Waals surface area contributed by atoms with Crippen molar-refractivity contribution in [3.8, 4) is 0 Å². The van der Waals surface area contributed by atoms with E-state index >= 15 is 0 Å². The number of pyridine rings is 1. The number of anilines is 1. The van der Waals surface area contributed by atoms with Crippen LogP contribution in [0, 0.1) is 12.8 Å². The number of piperidine rings is 1. The largest absolute Gasteiger partial charge is 0.433 e. The summed E-state index contributed by atoms with van der Waals surface area (Å²) in [7, 11) is -3.21. The molecule has 1 aliphatic heterocycles. The molecule has 36 heavy (non-hydrogen) atoms. The summed E-state index contributed by atoms with van der Waals surface area (Å²) >= 11 is 3.29. The van der Waals surface area contributed by atoms with Gasteiger partial charge in [0.25, 0.3) is 5.91 Å². The molecule has 3 heterocycles. The molecule has 8 nitrogen and oxygen atoms in total. The van der Waals surface area contributed by atoms with E-state index in [9.17, 15) is 26.4 Å². The van der Waals surface area contributed by atoms with Crippen LogP contribution in [0.25, 0.3) is 10.9 Å². The molecule has 0 bridgehead atoms. The normalized spacial score (nSPS) is 15.9. The van der Waals surface area contributed by atoms with Gasteiger partial charge in [-0.05, 0) is 56.9 Å². The summed E-state index contributed by atoms with van der Waals surface area (Å²) in [6, 6.07) is 5.29. The van der Waals surface area contributed by atoms with E-state index in [1.165, 1.54) is 16.6 Å². The van der Waals surface area contributed by atoms with Crippen LogP contribution >= 0.6 is 15.9 Å². The lowest BCUT2D eigenvalue weighted by atomic mass is 9.98. The minimum absolute atomic E-state index is 0.0574. The molecule has 13 heteroatoms. The fourth-order valence-corrected chi connectivity index (χ4v) is 5.76. The maximum absolute atomic E-state index is 13.4. The Morgan fingerprint density at radius 2 is 1.92 bits per heavy atom. The maximum Gasteiger partial charge on any atom is 0.433 e. The van der Waals surface area contributed by atoms with Gasteiger partial charge in [0.1, 0.15) is 5.69 Å². The summed E-state index contributed by atoms with van der Waals surface area (Å²) in [5.74, 6) is -0.411. The number of halogens is 4. The molecule has 0 aliphatic carbocycles. The molecule has 0 saturated carbocycles. The molecule has 194 valence electrons. The second kappa shape index (κ2) is 10.1. The van der Waals surface area contributed by atoms with Crippen molar-refractivity contribution >= 4 is 48.5 Å². The van der Waals surface area contributed by atoms with Gasteiger partial charge < -0.3 is 5.32 Å². The van der Waals surface area contributed by atoms with E-state index in [0.29, 0.717) is 48.3 Å². The van der Waals surface area contributed by atoms with Gasteiger partial charge in [-0.1, -0.05) is 15.9 Å². The van der Waals surface area contributed by atoms with Crippen LogP contribution in [0.2, 0.25) is 0 Å². The lowest BCUT2D eigenvalue weighted by Gasteiger charge is -2.31.